The molecule has 0 bridgehead atoms. The minimum atomic E-state index is -0.386. The second kappa shape index (κ2) is 9.13. The topological polar surface area (TPSA) is 77.1 Å². The molecular formula is C25H25FN2O5. The lowest BCUT2D eigenvalue weighted by atomic mass is 9.89. The third kappa shape index (κ3) is 4.65. The zero-order valence-corrected chi connectivity index (χ0v) is 18.1. The van der Waals surface area contributed by atoms with Crippen molar-refractivity contribution < 1.29 is 28.2 Å². The highest BCUT2D eigenvalue weighted by atomic mass is 19.1. The van der Waals surface area contributed by atoms with Crippen LogP contribution in [0, 0.1) is 5.82 Å². The van der Waals surface area contributed by atoms with Crippen LogP contribution < -0.4 is 14.8 Å². The number of morpholine rings is 1. The summed E-state index contributed by atoms with van der Waals surface area (Å²) in [7, 11) is 0. The first-order valence-electron chi connectivity index (χ1n) is 11.2. The Morgan fingerprint density at radius 3 is 2.85 bits per heavy atom. The van der Waals surface area contributed by atoms with Gasteiger partial charge in [0.15, 0.2) is 17.3 Å². The Kier molecular flexibility index (Phi) is 5.90. The van der Waals surface area contributed by atoms with Crippen LogP contribution in [0.4, 0.5) is 4.39 Å². The summed E-state index contributed by atoms with van der Waals surface area (Å²) in [6.45, 7) is 0.445. The number of halogens is 1. The van der Waals surface area contributed by atoms with E-state index in [4.69, 9.17) is 14.2 Å². The van der Waals surface area contributed by atoms with Crippen molar-refractivity contribution in [3.8, 4) is 11.5 Å². The maximum Gasteiger partial charge on any atom is 0.289 e. The summed E-state index contributed by atoms with van der Waals surface area (Å²) in [6, 6.07) is 11.3. The average molecular weight is 452 g/mol. The van der Waals surface area contributed by atoms with Crippen LogP contribution >= 0.6 is 0 Å². The van der Waals surface area contributed by atoms with E-state index in [1.165, 1.54) is 12.1 Å². The molecule has 2 fully saturated rings. The van der Waals surface area contributed by atoms with Gasteiger partial charge in [-0.1, -0.05) is 24.6 Å². The molecule has 1 saturated heterocycles. The SMILES string of the molecule is O=C(CN1C(=O)/C(=C\c2cccc(F)c2)OC2CCCCC21)NCc1ccc2c(c1)OCO2. The Balaban J connectivity index is 1.29. The number of benzene rings is 2. The van der Waals surface area contributed by atoms with Crippen molar-refractivity contribution in [1.82, 2.24) is 10.2 Å². The number of hydrogen-bond donors (Lipinski definition) is 1. The lowest BCUT2D eigenvalue weighted by molar-refractivity contribution is -0.151. The predicted molar refractivity (Wildman–Crippen MR) is 118 cm³/mol. The third-order valence-corrected chi connectivity index (χ3v) is 6.21. The second-order valence-electron chi connectivity index (χ2n) is 8.47. The van der Waals surface area contributed by atoms with Crippen molar-refractivity contribution in [3.05, 3.63) is 65.2 Å². The van der Waals surface area contributed by atoms with Crippen LogP contribution in [0.2, 0.25) is 0 Å². The van der Waals surface area contributed by atoms with Crippen molar-refractivity contribution in [2.24, 2.45) is 0 Å². The van der Waals surface area contributed by atoms with Crippen molar-refractivity contribution in [3.63, 3.8) is 0 Å². The molecule has 2 aromatic rings. The Morgan fingerprint density at radius 1 is 1.12 bits per heavy atom. The zero-order valence-electron chi connectivity index (χ0n) is 18.1. The quantitative estimate of drug-likeness (QED) is 0.704. The molecule has 0 spiro atoms. The van der Waals surface area contributed by atoms with Gasteiger partial charge in [-0.25, -0.2) is 4.39 Å². The molecule has 2 heterocycles. The lowest BCUT2D eigenvalue weighted by Crippen LogP contribution is -2.57. The van der Waals surface area contributed by atoms with E-state index < -0.39 is 0 Å². The number of carbonyl (C=O) groups excluding carboxylic acids is 2. The number of nitrogens with one attached hydrogen (secondary N) is 1. The molecule has 1 N–H and O–H groups in total. The van der Waals surface area contributed by atoms with Crippen LogP contribution in [0.3, 0.4) is 0 Å². The molecule has 33 heavy (non-hydrogen) atoms. The van der Waals surface area contributed by atoms with Gasteiger partial charge >= 0.3 is 0 Å². The number of fused-ring (bicyclic) bond motifs is 2. The molecule has 2 aromatic carbocycles. The standard InChI is InChI=1S/C25H25FN2O5/c26-18-5-3-4-16(10-18)11-23-25(30)28(19-6-1-2-7-20(19)33-23)14-24(29)27-13-17-8-9-21-22(12-17)32-15-31-21/h3-5,8-12,19-20H,1-2,6-7,13-15H2,(H,27,29)/b23-11+. The van der Waals surface area contributed by atoms with Gasteiger partial charge in [-0.2, -0.15) is 0 Å². The van der Waals surface area contributed by atoms with Crippen LogP contribution in [0.15, 0.2) is 48.2 Å². The fraction of sp³-hybridized carbons (Fsp3) is 0.360. The molecule has 2 unspecified atom stereocenters. The van der Waals surface area contributed by atoms with E-state index in [-0.39, 0.29) is 48.9 Å². The summed E-state index contributed by atoms with van der Waals surface area (Å²) < 4.78 is 30.3. The average Bonchev–Trinajstić information content (AvgIpc) is 3.28. The summed E-state index contributed by atoms with van der Waals surface area (Å²) in [5, 5.41) is 2.89. The Labute approximate surface area is 191 Å². The van der Waals surface area contributed by atoms with Crippen LogP contribution in [-0.2, 0) is 20.9 Å². The van der Waals surface area contributed by atoms with E-state index in [0.717, 1.165) is 31.2 Å². The van der Waals surface area contributed by atoms with E-state index in [2.05, 4.69) is 5.32 Å². The zero-order chi connectivity index (χ0) is 22.8. The van der Waals surface area contributed by atoms with Gasteiger partial charge in [0, 0.05) is 6.54 Å². The number of ether oxygens (including phenoxy) is 3. The molecule has 0 aromatic heterocycles. The molecule has 2 aliphatic heterocycles. The van der Waals surface area contributed by atoms with Gasteiger partial charge in [-0.15, -0.1) is 0 Å². The van der Waals surface area contributed by atoms with Gasteiger partial charge in [0.1, 0.15) is 18.5 Å². The fourth-order valence-electron chi connectivity index (χ4n) is 4.57. The third-order valence-electron chi connectivity index (χ3n) is 6.21. The predicted octanol–water partition coefficient (Wildman–Crippen LogP) is 3.38. The summed E-state index contributed by atoms with van der Waals surface area (Å²) >= 11 is 0. The van der Waals surface area contributed by atoms with Crippen LogP contribution in [-0.4, -0.2) is 42.2 Å². The molecule has 2 atom stereocenters. The van der Waals surface area contributed by atoms with E-state index >= 15 is 0 Å². The first-order valence-corrected chi connectivity index (χ1v) is 11.2. The van der Waals surface area contributed by atoms with Crippen LogP contribution in [0.5, 0.6) is 11.5 Å². The molecule has 5 rings (SSSR count). The lowest BCUT2D eigenvalue weighted by Gasteiger charge is -2.44. The largest absolute Gasteiger partial charge is 0.482 e. The normalized spacial score (nSPS) is 22.6. The number of carbonyl (C=O) groups is 2. The Hall–Kier alpha value is -3.55. The number of nitrogens with zero attached hydrogens (tertiary/aromatic N) is 1. The van der Waals surface area contributed by atoms with E-state index in [9.17, 15) is 14.0 Å². The maximum absolute atomic E-state index is 13.6. The van der Waals surface area contributed by atoms with Crippen LogP contribution in [0.25, 0.3) is 6.08 Å². The van der Waals surface area contributed by atoms with Gasteiger partial charge in [0.2, 0.25) is 12.7 Å². The highest BCUT2D eigenvalue weighted by molar-refractivity contribution is 5.98. The first-order chi connectivity index (χ1) is 16.1. The summed E-state index contributed by atoms with van der Waals surface area (Å²) in [5.74, 6) is 0.500. The second-order valence-corrected chi connectivity index (χ2v) is 8.47. The molecule has 7 nitrogen and oxygen atoms in total. The minimum Gasteiger partial charge on any atom is -0.482 e. The number of amides is 2. The smallest absolute Gasteiger partial charge is 0.289 e. The van der Waals surface area contributed by atoms with Crippen molar-refractivity contribution in [2.45, 2.75) is 44.4 Å². The van der Waals surface area contributed by atoms with Gasteiger partial charge in [-0.3, -0.25) is 9.59 Å². The highest BCUT2D eigenvalue weighted by Crippen LogP contribution is 2.34. The summed E-state index contributed by atoms with van der Waals surface area (Å²) in [5.41, 5.74) is 1.42. The molecule has 1 aliphatic carbocycles. The highest BCUT2D eigenvalue weighted by Gasteiger charge is 2.42. The molecule has 0 radical (unpaired) electrons. The van der Waals surface area contributed by atoms with Gasteiger partial charge < -0.3 is 24.4 Å². The molecular weight excluding hydrogens is 427 g/mol. The Morgan fingerprint density at radius 2 is 1.97 bits per heavy atom. The monoisotopic (exact) mass is 452 g/mol. The van der Waals surface area contributed by atoms with Crippen molar-refractivity contribution in [2.75, 3.05) is 13.3 Å². The van der Waals surface area contributed by atoms with Crippen molar-refractivity contribution >= 4 is 17.9 Å². The minimum absolute atomic E-state index is 0.0611. The maximum atomic E-state index is 13.6. The molecule has 1 saturated carbocycles. The molecule has 172 valence electrons. The number of rotatable bonds is 5. The van der Waals surface area contributed by atoms with Crippen molar-refractivity contribution in [1.29, 1.82) is 0 Å². The van der Waals surface area contributed by atoms with Gasteiger partial charge in [0.25, 0.3) is 5.91 Å². The van der Waals surface area contributed by atoms with E-state index in [0.29, 0.717) is 23.6 Å². The first kappa shape index (κ1) is 21.3. The molecule has 8 heteroatoms. The Bertz CT molecular complexity index is 1100. The summed E-state index contributed by atoms with van der Waals surface area (Å²) in [4.78, 5) is 27.6. The summed E-state index contributed by atoms with van der Waals surface area (Å²) in [6.07, 6.45) is 4.97. The molecule has 2 amide bonds. The van der Waals surface area contributed by atoms with Crippen LogP contribution in [0.1, 0.15) is 36.8 Å². The van der Waals surface area contributed by atoms with Gasteiger partial charge in [-0.05, 0) is 60.7 Å². The number of hydrogen-bond acceptors (Lipinski definition) is 5. The van der Waals surface area contributed by atoms with Gasteiger partial charge in [0.05, 0.1) is 6.04 Å². The van der Waals surface area contributed by atoms with E-state index in [1.807, 2.05) is 18.2 Å². The fourth-order valence-corrected chi connectivity index (χ4v) is 4.57. The molecule has 3 aliphatic rings. The van der Waals surface area contributed by atoms with E-state index in [1.54, 1.807) is 23.1 Å².